The zero-order valence-electron chi connectivity index (χ0n) is 11.9. The van der Waals surface area contributed by atoms with Gasteiger partial charge in [0.05, 0.1) is 11.6 Å². The molecule has 0 aromatic carbocycles. The molecular formula is C13H20N6S. The molecular weight excluding hydrogens is 272 g/mol. The summed E-state index contributed by atoms with van der Waals surface area (Å²) in [5.41, 5.74) is 0.805. The van der Waals surface area contributed by atoms with Gasteiger partial charge in [0.1, 0.15) is 5.82 Å². The normalized spacial score (nSPS) is 19.5. The standard InChI is InChI=1S/C13H20N6S/c1-3-4-14-13-16-11-10(7-15-18-11)12(17-13)19-5-6-20-8-9(19)2/h7,9H,3-6,8H2,1-2H3,(H2,14,15,16,17,18). The van der Waals surface area contributed by atoms with Crippen LogP contribution >= 0.6 is 11.8 Å². The van der Waals surface area contributed by atoms with Crippen molar-refractivity contribution in [3.8, 4) is 0 Å². The Morgan fingerprint density at radius 3 is 3.20 bits per heavy atom. The fourth-order valence-corrected chi connectivity index (χ4v) is 3.41. The summed E-state index contributed by atoms with van der Waals surface area (Å²) >= 11 is 2.00. The number of fused-ring (bicyclic) bond motifs is 1. The lowest BCUT2D eigenvalue weighted by molar-refractivity contribution is 0.692. The van der Waals surface area contributed by atoms with Crippen LogP contribution in [0.15, 0.2) is 6.20 Å². The van der Waals surface area contributed by atoms with Gasteiger partial charge < -0.3 is 10.2 Å². The molecule has 0 saturated carbocycles. The number of hydrogen-bond acceptors (Lipinski definition) is 6. The molecule has 2 N–H and O–H groups in total. The summed E-state index contributed by atoms with van der Waals surface area (Å²) < 4.78 is 0. The molecule has 0 spiro atoms. The lowest BCUT2D eigenvalue weighted by Gasteiger charge is -2.34. The second kappa shape index (κ2) is 5.87. The zero-order valence-corrected chi connectivity index (χ0v) is 12.7. The number of aromatic nitrogens is 4. The van der Waals surface area contributed by atoms with Gasteiger partial charge in [-0.1, -0.05) is 6.92 Å². The predicted octanol–water partition coefficient (Wildman–Crippen LogP) is 2.12. The number of anilines is 2. The van der Waals surface area contributed by atoms with Crippen molar-refractivity contribution >= 4 is 34.6 Å². The van der Waals surface area contributed by atoms with Gasteiger partial charge in [-0.05, 0) is 13.3 Å². The SMILES string of the molecule is CCCNc1nc(N2CCSCC2C)c2cn[nH]c2n1. The van der Waals surface area contributed by atoms with E-state index in [4.69, 9.17) is 4.98 Å². The second-order valence-corrected chi connectivity index (χ2v) is 6.20. The number of H-pyrrole nitrogens is 1. The van der Waals surface area contributed by atoms with Gasteiger partial charge in [0.25, 0.3) is 0 Å². The fraction of sp³-hybridized carbons (Fsp3) is 0.615. The van der Waals surface area contributed by atoms with E-state index < -0.39 is 0 Å². The first-order valence-electron chi connectivity index (χ1n) is 7.09. The van der Waals surface area contributed by atoms with Gasteiger partial charge in [0.2, 0.25) is 5.95 Å². The zero-order chi connectivity index (χ0) is 13.9. The molecule has 1 aliphatic rings. The van der Waals surface area contributed by atoms with Crippen LogP contribution in [0, 0.1) is 0 Å². The molecule has 0 aliphatic carbocycles. The van der Waals surface area contributed by atoms with E-state index in [9.17, 15) is 0 Å². The molecule has 0 amide bonds. The number of hydrogen-bond donors (Lipinski definition) is 2. The van der Waals surface area contributed by atoms with Crippen LogP contribution in [0.25, 0.3) is 11.0 Å². The van der Waals surface area contributed by atoms with Crippen LogP contribution in [0.2, 0.25) is 0 Å². The van der Waals surface area contributed by atoms with Crippen LogP contribution in [0.1, 0.15) is 20.3 Å². The first kappa shape index (κ1) is 13.5. The number of nitrogens with zero attached hydrogens (tertiary/aromatic N) is 4. The Morgan fingerprint density at radius 1 is 1.50 bits per heavy atom. The van der Waals surface area contributed by atoms with Gasteiger partial charge in [0.15, 0.2) is 5.65 Å². The molecule has 108 valence electrons. The average Bonchev–Trinajstić information content (AvgIpc) is 2.93. The van der Waals surface area contributed by atoms with Gasteiger partial charge in [-0.25, -0.2) is 0 Å². The minimum atomic E-state index is 0.487. The smallest absolute Gasteiger partial charge is 0.226 e. The van der Waals surface area contributed by atoms with Crippen molar-refractivity contribution in [1.82, 2.24) is 20.2 Å². The van der Waals surface area contributed by atoms with Crippen LogP contribution in [-0.2, 0) is 0 Å². The highest BCUT2D eigenvalue weighted by Crippen LogP contribution is 2.28. The van der Waals surface area contributed by atoms with Gasteiger partial charge in [-0.3, -0.25) is 5.10 Å². The van der Waals surface area contributed by atoms with E-state index in [1.165, 1.54) is 0 Å². The van der Waals surface area contributed by atoms with E-state index in [0.29, 0.717) is 12.0 Å². The number of nitrogens with one attached hydrogen (secondary N) is 2. The molecule has 2 aromatic rings. The quantitative estimate of drug-likeness (QED) is 0.899. The molecule has 7 heteroatoms. The molecule has 2 aromatic heterocycles. The Labute approximate surface area is 122 Å². The van der Waals surface area contributed by atoms with Crippen molar-refractivity contribution in [2.75, 3.05) is 34.8 Å². The monoisotopic (exact) mass is 292 g/mol. The van der Waals surface area contributed by atoms with E-state index in [1.807, 2.05) is 18.0 Å². The van der Waals surface area contributed by atoms with Crippen molar-refractivity contribution in [2.24, 2.45) is 0 Å². The summed E-state index contributed by atoms with van der Waals surface area (Å²) in [6.07, 6.45) is 2.87. The molecule has 1 aliphatic heterocycles. The summed E-state index contributed by atoms with van der Waals surface area (Å²) in [5, 5.41) is 11.3. The minimum Gasteiger partial charge on any atom is -0.354 e. The summed E-state index contributed by atoms with van der Waals surface area (Å²) in [4.78, 5) is 11.6. The first-order valence-corrected chi connectivity index (χ1v) is 8.24. The average molecular weight is 292 g/mol. The van der Waals surface area contributed by atoms with Crippen molar-refractivity contribution in [2.45, 2.75) is 26.3 Å². The Balaban J connectivity index is 2.00. The maximum atomic E-state index is 4.72. The molecule has 3 rings (SSSR count). The largest absolute Gasteiger partial charge is 0.354 e. The van der Waals surface area contributed by atoms with E-state index in [-0.39, 0.29) is 0 Å². The van der Waals surface area contributed by atoms with Gasteiger partial charge >= 0.3 is 0 Å². The Hall–Kier alpha value is -1.50. The molecule has 1 atom stereocenters. The van der Waals surface area contributed by atoms with Crippen LogP contribution in [-0.4, -0.2) is 50.8 Å². The highest BCUT2D eigenvalue weighted by Gasteiger charge is 2.23. The number of rotatable bonds is 4. The van der Waals surface area contributed by atoms with Crippen molar-refractivity contribution in [3.05, 3.63) is 6.20 Å². The first-order chi connectivity index (χ1) is 9.79. The molecule has 1 fully saturated rings. The second-order valence-electron chi connectivity index (χ2n) is 5.05. The van der Waals surface area contributed by atoms with E-state index in [0.717, 1.165) is 47.9 Å². The molecule has 0 radical (unpaired) electrons. The van der Waals surface area contributed by atoms with Crippen molar-refractivity contribution < 1.29 is 0 Å². The molecule has 3 heterocycles. The van der Waals surface area contributed by atoms with Crippen LogP contribution < -0.4 is 10.2 Å². The predicted molar refractivity (Wildman–Crippen MR) is 84.6 cm³/mol. The van der Waals surface area contributed by atoms with Crippen LogP contribution in [0.3, 0.4) is 0 Å². The summed E-state index contributed by atoms with van der Waals surface area (Å²) in [7, 11) is 0. The van der Waals surface area contributed by atoms with Crippen molar-refractivity contribution in [1.29, 1.82) is 0 Å². The molecule has 6 nitrogen and oxygen atoms in total. The van der Waals surface area contributed by atoms with Crippen molar-refractivity contribution in [3.63, 3.8) is 0 Å². The topological polar surface area (TPSA) is 69.7 Å². The van der Waals surface area contributed by atoms with Gasteiger partial charge in [0, 0.05) is 30.6 Å². The van der Waals surface area contributed by atoms with E-state index in [2.05, 4.69) is 39.2 Å². The third-order valence-electron chi connectivity index (χ3n) is 3.46. The lowest BCUT2D eigenvalue weighted by Crippen LogP contribution is -2.41. The maximum Gasteiger partial charge on any atom is 0.226 e. The van der Waals surface area contributed by atoms with Gasteiger partial charge in [-0.15, -0.1) is 0 Å². The summed E-state index contributed by atoms with van der Waals surface area (Å²) in [6.45, 7) is 6.28. The fourth-order valence-electron chi connectivity index (χ4n) is 2.40. The molecule has 1 saturated heterocycles. The maximum absolute atomic E-state index is 4.72. The molecule has 1 unspecified atom stereocenters. The molecule has 20 heavy (non-hydrogen) atoms. The Morgan fingerprint density at radius 2 is 2.40 bits per heavy atom. The van der Waals surface area contributed by atoms with Gasteiger partial charge in [-0.2, -0.15) is 26.8 Å². The third-order valence-corrected chi connectivity index (χ3v) is 4.65. The van der Waals surface area contributed by atoms with E-state index in [1.54, 1.807) is 0 Å². The Kier molecular flexibility index (Phi) is 3.95. The number of thioether (sulfide) groups is 1. The third kappa shape index (κ3) is 2.54. The van der Waals surface area contributed by atoms with E-state index >= 15 is 0 Å². The summed E-state index contributed by atoms with van der Waals surface area (Å²) in [6, 6.07) is 0.487. The highest BCUT2D eigenvalue weighted by atomic mass is 32.2. The number of aromatic amines is 1. The Bertz CT molecular complexity index is 583. The minimum absolute atomic E-state index is 0.487. The van der Waals surface area contributed by atoms with Crippen LogP contribution in [0.4, 0.5) is 11.8 Å². The summed E-state index contributed by atoms with van der Waals surface area (Å²) in [5.74, 6) is 3.96. The van der Waals surface area contributed by atoms with Crippen LogP contribution in [0.5, 0.6) is 0 Å². The lowest BCUT2D eigenvalue weighted by atomic mass is 10.2. The highest BCUT2D eigenvalue weighted by molar-refractivity contribution is 7.99. The molecule has 0 bridgehead atoms.